The van der Waals surface area contributed by atoms with Crippen LogP contribution in [-0.2, 0) is 6.54 Å². The first-order valence-corrected chi connectivity index (χ1v) is 10.4. The third kappa shape index (κ3) is 3.63. The third-order valence-electron chi connectivity index (χ3n) is 5.54. The van der Waals surface area contributed by atoms with Gasteiger partial charge in [0.1, 0.15) is 11.6 Å². The van der Waals surface area contributed by atoms with Crippen LogP contribution in [0.15, 0.2) is 85.1 Å². The lowest BCUT2D eigenvalue weighted by atomic mass is 10.0. The molecule has 0 saturated heterocycles. The van der Waals surface area contributed by atoms with E-state index >= 15 is 0 Å². The standard InChI is InChI=1S/C25H18ClF2N3O/c26-20-7-2-3-8-21(20)29-25(32)31-15-16-6-1-4-9-22(16)30-11-5-10-23(30)24(31)17-12-18(27)14-19(28)13-17/h1-14,24H,15H2,(H,29,32). The molecule has 1 aliphatic heterocycles. The first kappa shape index (κ1) is 20.3. The molecule has 0 spiro atoms. The van der Waals surface area contributed by atoms with Gasteiger partial charge in [0.25, 0.3) is 0 Å². The van der Waals surface area contributed by atoms with Crippen molar-refractivity contribution in [3.8, 4) is 5.69 Å². The molecule has 0 bridgehead atoms. The second kappa shape index (κ2) is 8.13. The van der Waals surface area contributed by atoms with E-state index in [0.717, 1.165) is 17.3 Å². The van der Waals surface area contributed by atoms with Crippen molar-refractivity contribution < 1.29 is 13.6 Å². The Balaban J connectivity index is 1.67. The molecule has 1 aromatic heterocycles. The minimum atomic E-state index is -0.731. The van der Waals surface area contributed by atoms with E-state index in [2.05, 4.69) is 5.32 Å². The summed E-state index contributed by atoms with van der Waals surface area (Å²) in [6.07, 6.45) is 1.88. The number of rotatable bonds is 2. The zero-order valence-electron chi connectivity index (χ0n) is 16.8. The number of hydrogen-bond acceptors (Lipinski definition) is 1. The molecule has 1 aliphatic rings. The van der Waals surface area contributed by atoms with Crippen LogP contribution in [0.3, 0.4) is 0 Å². The summed E-state index contributed by atoms with van der Waals surface area (Å²) in [7, 11) is 0. The van der Waals surface area contributed by atoms with E-state index in [4.69, 9.17) is 11.6 Å². The normalized spacial score (nSPS) is 15.0. The Morgan fingerprint density at radius 2 is 1.66 bits per heavy atom. The predicted octanol–water partition coefficient (Wildman–Crippen LogP) is 6.55. The van der Waals surface area contributed by atoms with Crippen LogP contribution in [0.4, 0.5) is 19.3 Å². The van der Waals surface area contributed by atoms with Crippen molar-refractivity contribution in [3.05, 3.63) is 119 Å². The van der Waals surface area contributed by atoms with Crippen molar-refractivity contribution in [1.82, 2.24) is 9.47 Å². The molecule has 0 aliphatic carbocycles. The number of carbonyl (C=O) groups is 1. The fourth-order valence-electron chi connectivity index (χ4n) is 4.17. The van der Waals surface area contributed by atoms with Crippen LogP contribution >= 0.6 is 11.6 Å². The third-order valence-corrected chi connectivity index (χ3v) is 5.87. The predicted molar refractivity (Wildman–Crippen MR) is 120 cm³/mol. The van der Waals surface area contributed by atoms with Gasteiger partial charge in [0.05, 0.1) is 29.0 Å². The number of benzene rings is 3. The second-order valence-electron chi connectivity index (χ2n) is 7.57. The number of fused-ring (bicyclic) bond motifs is 3. The van der Waals surface area contributed by atoms with Crippen molar-refractivity contribution in [2.75, 3.05) is 5.32 Å². The molecule has 1 N–H and O–H groups in total. The number of nitrogens with zero attached hydrogens (tertiary/aromatic N) is 2. The Hall–Kier alpha value is -3.64. The molecule has 4 nitrogen and oxygen atoms in total. The molecular formula is C25H18ClF2N3O. The van der Waals surface area contributed by atoms with E-state index in [1.807, 2.05) is 47.2 Å². The molecule has 4 aromatic rings. The van der Waals surface area contributed by atoms with E-state index in [1.165, 1.54) is 12.1 Å². The summed E-state index contributed by atoms with van der Waals surface area (Å²) in [5.74, 6) is -1.40. The molecular weight excluding hydrogens is 432 g/mol. The van der Waals surface area contributed by atoms with Crippen LogP contribution in [0.25, 0.3) is 5.69 Å². The number of para-hydroxylation sites is 2. The van der Waals surface area contributed by atoms with E-state index in [-0.39, 0.29) is 6.54 Å². The average Bonchev–Trinajstić information content (AvgIpc) is 3.18. The second-order valence-corrected chi connectivity index (χ2v) is 7.98. The number of amides is 2. The Morgan fingerprint density at radius 1 is 0.938 bits per heavy atom. The number of carbonyl (C=O) groups excluding carboxylic acids is 1. The zero-order chi connectivity index (χ0) is 22.2. The van der Waals surface area contributed by atoms with Crippen molar-refractivity contribution in [2.24, 2.45) is 0 Å². The summed E-state index contributed by atoms with van der Waals surface area (Å²) in [6.45, 7) is 0.233. The van der Waals surface area contributed by atoms with Gasteiger partial charge in [0, 0.05) is 18.0 Å². The minimum absolute atomic E-state index is 0.233. The molecule has 32 heavy (non-hydrogen) atoms. The maximum absolute atomic E-state index is 14.2. The summed E-state index contributed by atoms with van der Waals surface area (Å²) in [5, 5.41) is 3.24. The first-order valence-electron chi connectivity index (χ1n) is 10.0. The van der Waals surface area contributed by atoms with Gasteiger partial charge >= 0.3 is 6.03 Å². The minimum Gasteiger partial charge on any atom is -0.318 e. The van der Waals surface area contributed by atoms with Crippen LogP contribution in [-0.4, -0.2) is 15.5 Å². The highest BCUT2D eigenvalue weighted by Crippen LogP contribution is 2.37. The van der Waals surface area contributed by atoms with E-state index in [9.17, 15) is 13.6 Å². The maximum atomic E-state index is 14.2. The molecule has 160 valence electrons. The Bertz CT molecular complexity index is 1300. The van der Waals surface area contributed by atoms with Crippen molar-refractivity contribution >= 4 is 23.3 Å². The lowest BCUT2D eigenvalue weighted by Crippen LogP contribution is -2.38. The van der Waals surface area contributed by atoms with E-state index in [0.29, 0.717) is 22.0 Å². The number of urea groups is 1. The summed E-state index contributed by atoms with van der Waals surface area (Å²) in [6, 6.07) is 20.5. The first-order chi connectivity index (χ1) is 15.5. The van der Waals surface area contributed by atoms with Gasteiger partial charge in [-0.15, -0.1) is 0 Å². The molecule has 5 rings (SSSR count). The van der Waals surface area contributed by atoms with E-state index in [1.54, 1.807) is 29.2 Å². The molecule has 0 fully saturated rings. The number of nitrogens with one attached hydrogen (secondary N) is 1. The smallest absolute Gasteiger partial charge is 0.318 e. The topological polar surface area (TPSA) is 37.3 Å². The molecule has 1 atom stereocenters. The van der Waals surface area contributed by atoms with Crippen LogP contribution in [0.1, 0.15) is 22.9 Å². The van der Waals surface area contributed by atoms with Gasteiger partial charge in [-0.1, -0.05) is 41.9 Å². The van der Waals surface area contributed by atoms with Gasteiger partial charge in [-0.05, 0) is 53.6 Å². The van der Waals surface area contributed by atoms with Gasteiger partial charge in [0.2, 0.25) is 0 Å². The maximum Gasteiger partial charge on any atom is 0.323 e. The Kier molecular flexibility index (Phi) is 5.15. The van der Waals surface area contributed by atoms with Gasteiger partial charge in [-0.25, -0.2) is 13.6 Å². The zero-order valence-corrected chi connectivity index (χ0v) is 17.6. The van der Waals surface area contributed by atoms with Gasteiger partial charge < -0.3 is 14.8 Å². The molecule has 2 amide bonds. The van der Waals surface area contributed by atoms with Crippen LogP contribution in [0.5, 0.6) is 0 Å². The van der Waals surface area contributed by atoms with Crippen LogP contribution in [0, 0.1) is 11.6 Å². The SMILES string of the molecule is O=C(Nc1ccccc1Cl)N1Cc2ccccc2-n2cccc2C1c1cc(F)cc(F)c1. The Morgan fingerprint density at radius 3 is 2.44 bits per heavy atom. The molecule has 3 aromatic carbocycles. The monoisotopic (exact) mass is 449 g/mol. The van der Waals surface area contributed by atoms with Crippen LogP contribution in [0.2, 0.25) is 5.02 Å². The molecule has 2 heterocycles. The number of halogens is 3. The average molecular weight is 450 g/mol. The molecule has 0 radical (unpaired) electrons. The largest absolute Gasteiger partial charge is 0.323 e. The summed E-state index contributed by atoms with van der Waals surface area (Å²) >= 11 is 6.24. The number of aromatic nitrogens is 1. The lowest BCUT2D eigenvalue weighted by Gasteiger charge is -2.31. The quantitative estimate of drug-likeness (QED) is 0.370. The van der Waals surface area contributed by atoms with Crippen molar-refractivity contribution in [3.63, 3.8) is 0 Å². The highest BCUT2D eigenvalue weighted by molar-refractivity contribution is 6.33. The number of hydrogen-bond donors (Lipinski definition) is 1. The lowest BCUT2D eigenvalue weighted by molar-refractivity contribution is 0.194. The summed E-state index contributed by atoms with van der Waals surface area (Å²) < 4.78 is 30.3. The highest BCUT2D eigenvalue weighted by Gasteiger charge is 2.33. The van der Waals surface area contributed by atoms with Gasteiger partial charge in [-0.2, -0.15) is 0 Å². The fraction of sp³-hybridized carbons (Fsp3) is 0.0800. The van der Waals surface area contributed by atoms with Gasteiger partial charge in [0.15, 0.2) is 0 Å². The van der Waals surface area contributed by atoms with Crippen molar-refractivity contribution in [2.45, 2.75) is 12.6 Å². The summed E-state index contributed by atoms with van der Waals surface area (Å²) in [5.41, 5.74) is 3.32. The highest BCUT2D eigenvalue weighted by atomic mass is 35.5. The number of anilines is 1. The van der Waals surface area contributed by atoms with Crippen LogP contribution < -0.4 is 5.32 Å². The van der Waals surface area contributed by atoms with E-state index < -0.39 is 23.7 Å². The molecule has 0 saturated carbocycles. The summed E-state index contributed by atoms with van der Waals surface area (Å²) in [4.78, 5) is 15.1. The molecule has 1 unspecified atom stereocenters. The van der Waals surface area contributed by atoms with Crippen molar-refractivity contribution in [1.29, 1.82) is 0 Å². The van der Waals surface area contributed by atoms with Gasteiger partial charge in [-0.3, -0.25) is 0 Å². The Labute approximate surface area is 188 Å². The molecule has 7 heteroatoms. The fourth-order valence-corrected chi connectivity index (χ4v) is 4.36.